The quantitative estimate of drug-likeness (QED) is 0.702. The fourth-order valence-electron chi connectivity index (χ4n) is 1.61. The molecule has 0 aromatic carbocycles. The Kier molecular flexibility index (Phi) is 1.80. The lowest BCUT2D eigenvalue weighted by Gasteiger charge is -2.10. The van der Waals surface area contributed by atoms with Gasteiger partial charge in [-0.1, -0.05) is 0 Å². The predicted octanol–water partition coefficient (Wildman–Crippen LogP) is 0.173. The summed E-state index contributed by atoms with van der Waals surface area (Å²) in [5, 5.41) is 3.37. The van der Waals surface area contributed by atoms with Crippen molar-refractivity contribution in [3.8, 4) is 0 Å². The minimum atomic E-state index is -3.01. The third kappa shape index (κ3) is 1.31. The second-order valence-corrected chi connectivity index (χ2v) is 5.44. The molecular weight excluding hydrogens is 190 g/mol. The van der Waals surface area contributed by atoms with Gasteiger partial charge in [-0.2, -0.15) is 5.10 Å². The van der Waals surface area contributed by atoms with Crippen molar-refractivity contribution in [1.29, 1.82) is 0 Å². The first-order valence-electron chi connectivity index (χ1n) is 4.12. The summed E-state index contributed by atoms with van der Waals surface area (Å²) in [4.78, 5) is 0. The van der Waals surface area contributed by atoms with E-state index < -0.39 is 15.2 Å². The van der Waals surface area contributed by atoms with E-state index in [0.29, 0.717) is 18.7 Å². The van der Waals surface area contributed by atoms with Gasteiger partial charge in [-0.3, -0.25) is 0 Å². The summed E-state index contributed by atoms with van der Waals surface area (Å²) in [5.41, 5.74) is 5.58. The molecule has 1 fully saturated rings. The van der Waals surface area contributed by atoms with E-state index in [2.05, 4.69) is 5.10 Å². The number of nitrogens with two attached hydrogens (primary N) is 1. The van der Waals surface area contributed by atoms with Crippen LogP contribution in [0.5, 0.6) is 0 Å². The van der Waals surface area contributed by atoms with Gasteiger partial charge < -0.3 is 5.73 Å². The average Bonchev–Trinajstić information content (AvgIpc) is 2.56. The minimum Gasteiger partial charge on any atom is -0.384 e. The number of nitrogens with zero attached hydrogens (tertiary/aromatic N) is 2. The smallest absolute Gasteiger partial charge is 0.173 e. The number of hydrogen-bond acceptors (Lipinski definition) is 4. The molecule has 1 saturated heterocycles. The van der Waals surface area contributed by atoms with Crippen molar-refractivity contribution in [2.75, 3.05) is 11.5 Å². The fourth-order valence-corrected chi connectivity index (χ4v) is 3.46. The van der Waals surface area contributed by atoms with Crippen LogP contribution >= 0.6 is 0 Å². The third-order valence-corrected chi connectivity index (χ3v) is 4.39. The van der Waals surface area contributed by atoms with E-state index in [1.54, 1.807) is 6.07 Å². The number of aromatic nitrogens is 2. The van der Waals surface area contributed by atoms with Crippen LogP contribution in [0.25, 0.3) is 0 Å². The van der Waals surface area contributed by atoms with Crippen LogP contribution in [0.15, 0.2) is 12.3 Å². The first kappa shape index (κ1) is 8.55. The van der Waals surface area contributed by atoms with Crippen molar-refractivity contribution < 1.29 is 8.42 Å². The van der Waals surface area contributed by atoms with Gasteiger partial charge in [-0.15, -0.1) is 0 Å². The van der Waals surface area contributed by atoms with Gasteiger partial charge in [0.15, 0.2) is 15.2 Å². The lowest BCUT2D eigenvalue weighted by molar-refractivity contribution is 0.531. The first-order valence-corrected chi connectivity index (χ1v) is 5.83. The molecule has 72 valence electrons. The highest BCUT2D eigenvalue weighted by Gasteiger charge is 2.33. The molecule has 6 heteroatoms. The van der Waals surface area contributed by atoms with E-state index in [1.165, 1.54) is 10.9 Å². The zero-order valence-electron chi connectivity index (χ0n) is 7.05. The maximum absolute atomic E-state index is 11.5. The average molecular weight is 201 g/mol. The van der Waals surface area contributed by atoms with Gasteiger partial charge in [0.05, 0.1) is 11.9 Å². The molecule has 2 N–H and O–H groups in total. The molecule has 1 unspecified atom stereocenters. The molecule has 1 aliphatic rings. The van der Waals surface area contributed by atoms with E-state index >= 15 is 0 Å². The largest absolute Gasteiger partial charge is 0.384 e. The Hall–Kier alpha value is -1.04. The fraction of sp³-hybridized carbons (Fsp3) is 0.571. The van der Waals surface area contributed by atoms with Crippen LogP contribution < -0.4 is 5.73 Å². The molecule has 1 aromatic rings. The van der Waals surface area contributed by atoms with Crippen molar-refractivity contribution in [2.45, 2.75) is 18.2 Å². The Bertz CT molecular complexity index is 409. The van der Waals surface area contributed by atoms with Crippen molar-refractivity contribution >= 4 is 15.7 Å². The van der Waals surface area contributed by atoms with Gasteiger partial charge in [0.2, 0.25) is 0 Å². The normalized spacial score (nSPS) is 26.3. The molecule has 1 aliphatic heterocycles. The lowest BCUT2D eigenvalue weighted by atomic mass is 10.3. The Labute approximate surface area is 76.5 Å². The first-order chi connectivity index (χ1) is 6.11. The molecule has 0 saturated carbocycles. The Morgan fingerprint density at radius 1 is 1.62 bits per heavy atom. The number of sulfone groups is 1. The van der Waals surface area contributed by atoms with Crippen molar-refractivity contribution in [3.05, 3.63) is 12.3 Å². The van der Waals surface area contributed by atoms with Crippen LogP contribution in [-0.2, 0) is 9.84 Å². The summed E-state index contributed by atoms with van der Waals surface area (Å²) in [6.07, 6.45) is 2.84. The molecule has 0 spiro atoms. The van der Waals surface area contributed by atoms with E-state index in [4.69, 9.17) is 5.73 Å². The van der Waals surface area contributed by atoms with Gasteiger partial charge >= 0.3 is 0 Å². The summed E-state index contributed by atoms with van der Waals surface area (Å²) in [7, 11) is -3.01. The van der Waals surface area contributed by atoms with Crippen molar-refractivity contribution in [1.82, 2.24) is 9.78 Å². The standard InChI is InChI=1S/C7H11N3O2S/c8-6-3-4-9-10(6)7-2-1-5-13(7,11)12/h3-4,7H,1-2,5,8H2. The number of rotatable bonds is 1. The van der Waals surface area contributed by atoms with Gasteiger partial charge in [0.1, 0.15) is 5.82 Å². The Morgan fingerprint density at radius 2 is 2.38 bits per heavy atom. The SMILES string of the molecule is Nc1ccnn1C1CCCS1(=O)=O. The summed E-state index contributed by atoms with van der Waals surface area (Å²) >= 11 is 0. The highest BCUT2D eigenvalue weighted by Crippen LogP contribution is 2.30. The van der Waals surface area contributed by atoms with Crippen molar-refractivity contribution in [3.63, 3.8) is 0 Å². The second-order valence-electron chi connectivity index (χ2n) is 3.16. The molecule has 0 bridgehead atoms. The topological polar surface area (TPSA) is 78.0 Å². The molecule has 13 heavy (non-hydrogen) atoms. The highest BCUT2D eigenvalue weighted by atomic mass is 32.2. The molecule has 0 radical (unpaired) electrons. The second kappa shape index (κ2) is 2.73. The summed E-state index contributed by atoms with van der Waals surface area (Å²) in [6.45, 7) is 0. The van der Waals surface area contributed by atoms with Crippen LogP contribution in [0.2, 0.25) is 0 Å². The lowest BCUT2D eigenvalue weighted by Crippen LogP contribution is -2.18. The van der Waals surface area contributed by atoms with Gasteiger partial charge in [-0.05, 0) is 12.8 Å². The molecule has 5 nitrogen and oxygen atoms in total. The summed E-state index contributed by atoms with van der Waals surface area (Å²) in [6, 6.07) is 1.60. The van der Waals surface area contributed by atoms with Crippen LogP contribution in [0.1, 0.15) is 18.2 Å². The molecule has 2 rings (SSSR count). The molecule has 2 heterocycles. The molecule has 1 aromatic heterocycles. The van der Waals surface area contributed by atoms with Crippen LogP contribution in [-0.4, -0.2) is 24.0 Å². The highest BCUT2D eigenvalue weighted by molar-refractivity contribution is 7.91. The molecule has 0 amide bonds. The van der Waals surface area contributed by atoms with Crippen LogP contribution in [0.3, 0.4) is 0 Å². The zero-order chi connectivity index (χ0) is 9.47. The van der Waals surface area contributed by atoms with E-state index in [0.717, 1.165) is 0 Å². The maximum atomic E-state index is 11.5. The predicted molar refractivity (Wildman–Crippen MR) is 48.7 cm³/mol. The van der Waals surface area contributed by atoms with Crippen LogP contribution in [0.4, 0.5) is 5.82 Å². The zero-order valence-corrected chi connectivity index (χ0v) is 7.87. The maximum Gasteiger partial charge on any atom is 0.173 e. The van der Waals surface area contributed by atoms with Gasteiger partial charge in [0.25, 0.3) is 0 Å². The summed E-state index contributed by atoms with van der Waals surface area (Å²) in [5.74, 6) is 0.659. The van der Waals surface area contributed by atoms with Gasteiger partial charge in [0, 0.05) is 6.07 Å². The number of anilines is 1. The van der Waals surface area contributed by atoms with E-state index in [9.17, 15) is 8.42 Å². The molecule has 0 aliphatic carbocycles. The Balaban J connectivity index is 2.43. The van der Waals surface area contributed by atoms with Crippen molar-refractivity contribution in [2.24, 2.45) is 0 Å². The third-order valence-electron chi connectivity index (χ3n) is 2.27. The van der Waals surface area contributed by atoms with Crippen LogP contribution in [0, 0.1) is 0 Å². The van der Waals surface area contributed by atoms with E-state index in [-0.39, 0.29) is 5.75 Å². The molecular formula is C7H11N3O2S. The molecule has 1 atom stereocenters. The summed E-state index contributed by atoms with van der Waals surface area (Å²) < 4.78 is 24.4. The Morgan fingerprint density at radius 3 is 2.85 bits per heavy atom. The number of nitrogen functional groups attached to an aromatic ring is 1. The monoisotopic (exact) mass is 201 g/mol. The van der Waals surface area contributed by atoms with Gasteiger partial charge in [-0.25, -0.2) is 13.1 Å². The number of hydrogen-bond donors (Lipinski definition) is 1. The van der Waals surface area contributed by atoms with E-state index in [1.807, 2.05) is 0 Å². The minimum absolute atomic E-state index is 0.247.